The van der Waals surface area contributed by atoms with Gasteiger partial charge in [-0.15, -0.1) is 0 Å². The highest BCUT2D eigenvalue weighted by Crippen LogP contribution is 2.24. The van der Waals surface area contributed by atoms with Crippen molar-refractivity contribution >= 4 is 17.8 Å². The summed E-state index contributed by atoms with van der Waals surface area (Å²) in [6, 6.07) is -0.950. The van der Waals surface area contributed by atoms with Gasteiger partial charge in [0.25, 0.3) is 0 Å². The molecule has 0 bridgehead atoms. The maximum Gasteiger partial charge on any atom is 0.331 e. The lowest BCUT2D eigenvalue weighted by Gasteiger charge is -2.38. The second kappa shape index (κ2) is 11.0. The van der Waals surface area contributed by atoms with Crippen molar-refractivity contribution in [3.05, 3.63) is 11.6 Å². The Hall–Kier alpha value is -1.93. The minimum atomic E-state index is -1.05. The van der Waals surface area contributed by atoms with Crippen LogP contribution in [0.2, 0.25) is 0 Å². The van der Waals surface area contributed by atoms with Crippen LogP contribution in [0.4, 0.5) is 0 Å². The Labute approximate surface area is 161 Å². The van der Waals surface area contributed by atoms with E-state index in [0.717, 1.165) is 12.8 Å². The molecule has 0 spiro atoms. The van der Waals surface area contributed by atoms with E-state index in [0.29, 0.717) is 0 Å². The summed E-state index contributed by atoms with van der Waals surface area (Å²) < 4.78 is 6.07. The molecule has 0 aromatic rings. The predicted molar refractivity (Wildman–Crippen MR) is 102 cm³/mol. The number of carboxylic acids is 1. The maximum absolute atomic E-state index is 12.3. The summed E-state index contributed by atoms with van der Waals surface area (Å²) in [6.45, 7) is 9.35. The van der Waals surface area contributed by atoms with E-state index >= 15 is 0 Å². The van der Waals surface area contributed by atoms with Gasteiger partial charge in [-0.25, -0.2) is 4.79 Å². The number of ether oxygens (including phenoxy) is 1. The normalized spacial score (nSPS) is 22.5. The molecule has 1 aliphatic carbocycles. The largest absolute Gasteiger partial charge is 0.478 e. The molecular formula is C19H33N3O5. The van der Waals surface area contributed by atoms with Gasteiger partial charge in [-0.2, -0.15) is 0 Å². The molecule has 0 saturated carbocycles. The summed E-state index contributed by atoms with van der Waals surface area (Å²) in [5, 5.41) is 18.2. The second-order valence-electron chi connectivity index (χ2n) is 7.18. The number of rotatable bonds is 10. The summed E-state index contributed by atoms with van der Waals surface area (Å²) in [4.78, 5) is 35.5. The van der Waals surface area contributed by atoms with Crippen LogP contribution in [0.3, 0.4) is 0 Å². The van der Waals surface area contributed by atoms with Crippen molar-refractivity contribution in [2.75, 3.05) is 6.54 Å². The molecule has 154 valence electrons. The number of carbonyl (C=O) groups is 3. The molecule has 2 amide bonds. The van der Waals surface area contributed by atoms with Crippen LogP contribution in [0.1, 0.15) is 53.9 Å². The van der Waals surface area contributed by atoms with Crippen molar-refractivity contribution < 1.29 is 24.2 Å². The fourth-order valence-corrected chi connectivity index (χ4v) is 3.06. The molecule has 1 aliphatic rings. The number of hydrogen-bond donors (Lipinski definition) is 4. The van der Waals surface area contributed by atoms with E-state index in [1.54, 1.807) is 6.08 Å². The Morgan fingerprint density at radius 1 is 1.22 bits per heavy atom. The smallest absolute Gasteiger partial charge is 0.331 e. The number of amides is 2. The number of nitrogens with one attached hydrogen (secondary N) is 3. The van der Waals surface area contributed by atoms with Gasteiger partial charge < -0.3 is 25.8 Å². The first-order chi connectivity index (χ1) is 12.7. The molecule has 0 heterocycles. The van der Waals surface area contributed by atoms with Crippen molar-refractivity contribution in [2.24, 2.45) is 0 Å². The van der Waals surface area contributed by atoms with Crippen LogP contribution in [-0.4, -0.2) is 59.8 Å². The van der Waals surface area contributed by atoms with Gasteiger partial charge in [-0.05, 0) is 18.9 Å². The van der Waals surface area contributed by atoms with Gasteiger partial charge in [0, 0.05) is 25.0 Å². The molecule has 3 atom stereocenters. The second-order valence-corrected chi connectivity index (χ2v) is 7.18. The molecule has 0 unspecified atom stereocenters. The minimum Gasteiger partial charge on any atom is -0.478 e. The van der Waals surface area contributed by atoms with E-state index < -0.39 is 24.2 Å². The molecule has 8 heteroatoms. The molecule has 0 aromatic heterocycles. The van der Waals surface area contributed by atoms with E-state index in [1.807, 2.05) is 27.7 Å². The maximum atomic E-state index is 12.3. The fourth-order valence-electron chi connectivity index (χ4n) is 3.06. The zero-order valence-electron chi connectivity index (χ0n) is 16.9. The Kier molecular flexibility index (Phi) is 9.45. The fraction of sp³-hybridized carbons (Fsp3) is 0.737. The molecule has 27 heavy (non-hydrogen) atoms. The highest BCUT2D eigenvalue weighted by molar-refractivity contribution is 5.87. The Morgan fingerprint density at radius 2 is 1.85 bits per heavy atom. The average molecular weight is 383 g/mol. The van der Waals surface area contributed by atoms with Crippen molar-refractivity contribution in [2.45, 2.75) is 84.2 Å². The van der Waals surface area contributed by atoms with Crippen LogP contribution in [-0.2, 0) is 19.1 Å². The third kappa shape index (κ3) is 7.68. The van der Waals surface area contributed by atoms with Gasteiger partial charge in [0.15, 0.2) is 0 Å². The number of carbonyl (C=O) groups excluding carboxylic acids is 2. The van der Waals surface area contributed by atoms with E-state index in [2.05, 4.69) is 16.0 Å². The van der Waals surface area contributed by atoms with Crippen LogP contribution in [0.15, 0.2) is 11.6 Å². The van der Waals surface area contributed by atoms with Crippen LogP contribution in [0.25, 0.3) is 0 Å². The van der Waals surface area contributed by atoms with Crippen LogP contribution in [0, 0.1) is 0 Å². The Balaban J connectivity index is 3.06. The highest BCUT2D eigenvalue weighted by atomic mass is 16.5. The van der Waals surface area contributed by atoms with Gasteiger partial charge in [0.2, 0.25) is 11.8 Å². The minimum absolute atomic E-state index is 0.0605. The summed E-state index contributed by atoms with van der Waals surface area (Å²) in [5.41, 5.74) is 0.176. The molecule has 1 rings (SSSR count). The third-order valence-corrected chi connectivity index (χ3v) is 4.51. The Morgan fingerprint density at radius 3 is 2.33 bits per heavy atom. The summed E-state index contributed by atoms with van der Waals surface area (Å²) in [5.74, 6) is -1.56. The number of aliphatic carboxylic acids is 1. The topological polar surface area (TPSA) is 117 Å². The first-order valence-electron chi connectivity index (χ1n) is 9.57. The molecule has 8 nitrogen and oxygen atoms in total. The third-order valence-electron chi connectivity index (χ3n) is 4.51. The van der Waals surface area contributed by atoms with Gasteiger partial charge in [0.05, 0.1) is 30.8 Å². The zero-order chi connectivity index (χ0) is 20.6. The highest BCUT2D eigenvalue weighted by Gasteiger charge is 2.38. The molecule has 0 aliphatic heterocycles. The van der Waals surface area contributed by atoms with Crippen LogP contribution < -0.4 is 16.0 Å². The van der Waals surface area contributed by atoms with E-state index in [9.17, 15) is 19.5 Å². The molecule has 0 aromatic carbocycles. The first kappa shape index (κ1) is 23.1. The van der Waals surface area contributed by atoms with E-state index in [4.69, 9.17) is 4.74 Å². The van der Waals surface area contributed by atoms with E-state index in [1.165, 1.54) is 6.92 Å². The van der Waals surface area contributed by atoms with Crippen molar-refractivity contribution in [1.29, 1.82) is 0 Å². The first-order valence-corrected chi connectivity index (χ1v) is 9.57. The average Bonchev–Trinajstić information content (AvgIpc) is 2.59. The van der Waals surface area contributed by atoms with Gasteiger partial charge in [0.1, 0.15) is 0 Å². The van der Waals surface area contributed by atoms with Crippen molar-refractivity contribution in [3.8, 4) is 0 Å². The lowest BCUT2D eigenvalue weighted by atomic mass is 9.87. The standard InChI is InChI=1S/C19H33N3O5/c1-6-14(7-2)27-16-9-13(19(25)26)8-15(18(16)21-12(5)23)22-17(24)10-20-11(3)4/h9,11,14-16,18,20H,6-8,10H2,1-5H3,(H,21,23)(H,22,24)(H,25,26)/t15-,16+,18+/m0/s1. The summed E-state index contributed by atoms with van der Waals surface area (Å²) in [7, 11) is 0. The molecular weight excluding hydrogens is 350 g/mol. The number of hydrogen-bond acceptors (Lipinski definition) is 5. The van der Waals surface area contributed by atoms with Crippen LogP contribution in [0.5, 0.6) is 0 Å². The molecule has 0 fully saturated rings. The quantitative estimate of drug-likeness (QED) is 0.446. The molecule has 0 radical (unpaired) electrons. The van der Waals surface area contributed by atoms with E-state index in [-0.39, 0.29) is 42.5 Å². The van der Waals surface area contributed by atoms with Crippen molar-refractivity contribution in [3.63, 3.8) is 0 Å². The lowest BCUT2D eigenvalue weighted by molar-refractivity contribution is -0.133. The number of carboxylic acid groups (broad SMARTS) is 1. The summed E-state index contributed by atoms with van der Waals surface area (Å²) >= 11 is 0. The van der Waals surface area contributed by atoms with Crippen LogP contribution >= 0.6 is 0 Å². The van der Waals surface area contributed by atoms with Gasteiger partial charge in [-0.1, -0.05) is 27.7 Å². The lowest BCUT2D eigenvalue weighted by Crippen LogP contribution is -2.60. The zero-order valence-corrected chi connectivity index (χ0v) is 16.9. The SMILES string of the molecule is CCC(CC)O[C@@H]1C=C(C(=O)O)C[C@H](NC(=O)CNC(C)C)[C@H]1NC(C)=O. The summed E-state index contributed by atoms with van der Waals surface area (Å²) in [6.07, 6.45) is 2.53. The monoisotopic (exact) mass is 383 g/mol. The van der Waals surface area contributed by atoms with Gasteiger partial charge >= 0.3 is 5.97 Å². The molecule has 0 saturated heterocycles. The van der Waals surface area contributed by atoms with Gasteiger partial charge in [-0.3, -0.25) is 9.59 Å². The predicted octanol–water partition coefficient (Wildman–Crippen LogP) is 0.962. The molecule has 4 N–H and O–H groups in total. The Bertz CT molecular complexity index is 558. The van der Waals surface area contributed by atoms with Crippen molar-refractivity contribution in [1.82, 2.24) is 16.0 Å².